The molecule has 0 amide bonds. The molecule has 3 rings (SSSR count). The summed E-state index contributed by atoms with van der Waals surface area (Å²) in [7, 11) is 0. The number of ether oxygens (including phenoxy) is 1. The van der Waals surface area contributed by atoms with E-state index in [9.17, 15) is 10.1 Å². The van der Waals surface area contributed by atoms with Gasteiger partial charge in [0.2, 0.25) is 0 Å². The average molecular weight is 360 g/mol. The quantitative estimate of drug-likeness (QED) is 0.378. The first-order valence-corrected chi connectivity index (χ1v) is 9.50. The van der Waals surface area contributed by atoms with Gasteiger partial charge in [0.15, 0.2) is 5.96 Å². The van der Waals surface area contributed by atoms with Gasteiger partial charge in [-0.1, -0.05) is 19.1 Å². The molecule has 2 aliphatic rings. The van der Waals surface area contributed by atoms with Crippen molar-refractivity contribution in [1.29, 1.82) is 0 Å². The molecule has 26 heavy (non-hydrogen) atoms. The van der Waals surface area contributed by atoms with Crippen molar-refractivity contribution in [2.75, 3.05) is 26.2 Å². The molecule has 142 valence electrons. The van der Waals surface area contributed by atoms with Crippen molar-refractivity contribution in [2.45, 2.75) is 45.3 Å². The van der Waals surface area contributed by atoms with Gasteiger partial charge in [-0.3, -0.25) is 10.1 Å². The number of nitrogens with zero attached hydrogens (tertiary/aromatic N) is 3. The summed E-state index contributed by atoms with van der Waals surface area (Å²) in [6, 6.07) is 6.62. The lowest BCUT2D eigenvalue weighted by Crippen LogP contribution is -2.47. The van der Waals surface area contributed by atoms with Crippen LogP contribution < -0.4 is 5.32 Å². The maximum atomic E-state index is 10.8. The van der Waals surface area contributed by atoms with Crippen molar-refractivity contribution in [2.24, 2.45) is 10.9 Å². The summed E-state index contributed by atoms with van der Waals surface area (Å²) in [5.41, 5.74) is 1.08. The van der Waals surface area contributed by atoms with Gasteiger partial charge in [-0.2, -0.15) is 0 Å². The number of nitro groups is 1. The van der Waals surface area contributed by atoms with E-state index in [1.807, 2.05) is 0 Å². The average Bonchev–Trinajstić information content (AvgIpc) is 3.17. The van der Waals surface area contributed by atoms with Gasteiger partial charge in [0, 0.05) is 38.4 Å². The fraction of sp³-hybridized carbons (Fsp3) is 0.632. The number of likely N-dealkylation sites (tertiary alicyclic amines) is 1. The second-order valence-corrected chi connectivity index (χ2v) is 7.25. The Bertz CT molecular complexity index is 618. The highest BCUT2D eigenvalue weighted by Crippen LogP contribution is 2.17. The van der Waals surface area contributed by atoms with Gasteiger partial charge in [-0.15, -0.1) is 0 Å². The van der Waals surface area contributed by atoms with Crippen LogP contribution in [-0.2, 0) is 11.3 Å². The van der Waals surface area contributed by atoms with Crippen molar-refractivity contribution >= 4 is 11.6 Å². The number of aliphatic imine (C=N–C) groups is 1. The Morgan fingerprint density at radius 3 is 2.65 bits per heavy atom. The van der Waals surface area contributed by atoms with Gasteiger partial charge in [-0.05, 0) is 37.2 Å². The number of nitro benzene ring substituents is 1. The number of benzene rings is 1. The smallest absolute Gasteiger partial charge is 0.269 e. The van der Waals surface area contributed by atoms with E-state index >= 15 is 0 Å². The van der Waals surface area contributed by atoms with Gasteiger partial charge in [-0.25, -0.2) is 4.99 Å². The number of non-ortho nitro benzene ring substituents is 1. The molecule has 0 bridgehead atoms. The zero-order valence-corrected chi connectivity index (χ0v) is 15.4. The van der Waals surface area contributed by atoms with Gasteiger partial charge in [0.05, 0.1) is 17.6 Å². The largest absolute Gasteiger partial charge is 0.376 e. The number of guanidine groups is 1. The normalized spacial score (nSPS) is 21.8. The summed E-state index contributed by atoms with van der Waals surface area (Å²) >= 11 is 0. The molecule has 2 fully saturated rings. The Morgan fingerprint density at radius 2 is 2.04 bits per heavy atom. The Labute approximate surface area is 154 Å². The molecule has 2 heterocycles. The van der Waals surface area contributed by atoms with E-state index in [1.54, 1.807) is 12.1 Å². The van der Waals surface area contributed by atoms with Crippen molar-refractivity contribution in [3.8, 4) is 0 Å². The second kappa shape index (κ2) is 8.98. The van der Waals surface area contributed by atoms with Crippen LogP contribution in [0.25, 0.3) is 0 Å². The van der Waals surface area contributed by atoms with E-state index in [2.05, 4.69) is 17.1 Å². The molecular weight excluding hydrogens is 332 g/mol. The molecule has 0 aliphatic carbocycles. The highest BCUT2D eigenvalue weighted by atomic mass is 16.6. The molecular formula is C19H28N4O3. The lowest BCUT2D eigenvalue weighted by atomic mass is 9.99. The molecule has 0 spiro atoms. The standard InChI is InChI=1S/C19H28N4O3/c1-15-8-10-22(11-9-15)19(21-14-18-3-2-12-26-18)20-13-16-4-6-17(7-5-16)23(24)25/h4-7,15,18H,2-3,8-14H2,1H3,(H,20,21). The number of hydrogen-bond donors (Lipinski definition) is 1. The van der Waals surface area contributed by atoms with Crippen molar-refractivity contribution in [3.05, 3.63) is 39.9 Å². The van der Waals surface area contributed by atoms with Crippen LogP contribution in [0.2, 0.25) is 0 Å². The summed E-state index contributed by atoms with van der Waals surface area (Å²) in [6.07, 6.45) is 4.85. The summed E-state index contributed by atoms with van der Waals surface area (Å²) in [6.45, 7) is 6.47. The van der Waals surface area contributed by atoms with Gasteiger partial charge >= 0.3 is 0 Å². The third-order valence-corrected chi connectivity index (χ3v) is 5.15. The van der Waals surface area contributed by atoms with Gasteiger partial charge in [0.25, 0.3) is 5.69 Å². The highest BCUT2D eigenvalue weighted by molar-refractivity contribution is 5.80. The third kappa shape index (κ3) is 5.17. The fourth-order valence-corrected chi connectivity index (χ4v) is 3.39. The molecule has 7 nitrogen and oxygen atoms in total. The number of piperidine rings is 1. The summed E-state index contributed by atoms with van der Waals surface area (Å²) in [5.74, 6) is 1.69. The second-order valence-electron chi connectivity index (χ2n) is 7.25. The van der Waals surface area contributed by atoms with Crippen LogP contribution in [0.4, 0.5) is 5.69 Å². The van der Waals surface area contributed by atoms with Crippen LogP contribution in [-0.4, -0.2) is 48.1 Å². The molecule has 0 saturated carbocycles. The van der Waals surface area contributed by atoms with Crippen LogP contribution in [0.1, 0.15) is 38.2 Å². The minimum absolute atomic E-state index is 0.111. The topological polar surface area (TPSA) is 80.0 Å². The van der Waals surface area contributed by atoms with E-state index < -0.39 is 0 Å². The van der Waals surface area contributed by atoms with Gasteiger partial charge < -0.3 is 15.0 Å². The maximum absolute atomic E-state index is 10.8. The first kappa shape index (κ1) is 18.6. The lowest BCUT2D eigenvalue weighted by Gasteiger charge is -2.33. The van der Waals surface area contributed by atoms with Crippen molar-refractivity contribution in [3.63, 3.8) is 0 Å². The van der Waals surface area contributed by atoms with Crippen LogP contribution >= 0.6 is 0 Å². The first-order chi connectivity index (χ1) is 12.6. The van der Waals surface area contributed by atoms with E-state index in [4.69, 9.17) is 9.73 Å². The zero-order chi connectivity index (χ0) is 18.4. The molecule has 1 unspecified atom stereocenters. The number of hydrogen-bond acceptors (Lipinski definition) is 4. The third-order valence-electron chi connectivity index (χ3n) is 5.15. The number of nitrogens with one attached hydrogen (secondary N) is 1. The SMILES string of the molecule is CC1CCN(C(=NCc2ccc([N+](=O)[O-])cc2)NCC2CCCO2)CC1. The summed E-state index contributed by atoms with van der Waals surface area (Å²) in [5, 5.41) is 14.3. The molecule has 1 N–H and O–H groups in total. The molecule has 7 heteroatoms. The van der Waals surface area contributed by atoms with E-state index in [0.29, 0.717) is 6.54 Å². The predicted molar refractivity (Wildman–Crippen MR) is 101 cm³/mol. The van der Waals surface area contributed by atoms with Crippen LogP contribution in [0, 0.1) is 16.0 Å². The molecule has 2 aliphatic heterocycles. The zero-order valence-electron chi connectivity index (χ0n) is 15.4. The molecule has 1 aromatic carbocycles. The minimum Gasteiger partial charge on any atom is -0.376 e. The Kier molecular flexibility index (Phi) is 6.44. The highest BCUT2D eigenvalue weighted by Gasteiger charge is 2.21. The lowest BCUT2D eigenvalue weighted by molar-refractivity contribution is -0.384. The molecule has 1 aromatic rings. The molecule has 2 saturated heterocycles. The van der Waals surface area contributed by atoms with Crippen molar-refractivity contribution in [1.82, 2.24) is 10.2 Å². The first-order valence-electron chi connectivity index (χ1n) is 9.50. The minimum atomic E-state index is -0.378. The summed E-state index contributed by atoms with van der Waals surface area (Å²) in [4.78, 5) is 17.5. The van der Waals surface area contributed by atoms with Crippen molar-refractivity contribution < 1.29 is 9.66 Å². The van der Waals surface area contributed by atoms with E-state index in [-0.39, 0.29) is 16.7 Å². The molecule has 0 aromatic heterocycles. The molecule has 0 radical (unpaired) electrons. The Morgan fingerprint density at radius 1 is 1.31 bits per heavy atom. The summed E-state index contributed by atoms with van der Waals surface area (Å²) < 4.78 is 5.71. The van der Waals surface area contributed by atoms with E-state index in [0.717, 1.165) is 56.5 Å². The monoisotopic (exact) mass is 360 g/mol. The Hall–Kier alpha value is -2.15. The Balaban J connectivity index is 1.64. The molecule has 1 atom stereocenters. The van der Waals surface area contributed by atoms with Crippen LogP contribution in [0.5, 0.6) is 0 Å². The van der Waals surface area contributed by atoms with Crippen LogP contribution in [0.3, 0.4) is 0 Å². The number of rotatable bonds is 5. The van der Waals surface area contributed by atoms with E-state index in [1.165, 1.54) is 25.0 Å². The van der Waals surface area contributed by atoms with Crippen LogP contribution in [0.15, 0.2) is 29.3 Å². The predicted octanol–water partition coefficient (Wildman–Crippen LogP) is 2.95. The van der Waals surface area contributed by atoms with Gasteiger partial charge in [0.1, 0.15) is 0 Å². The fourth-order valence-electron chi connectivity index (χ4n) is 3.39. The maximum Gasteiger partial charge on any atom is 0.269 e.